The van der Waals surface area contributed by atoms with E-state index in [1.54, 1.807) is 36.1 Å². The number of hydrogen-bond donors (Lipinski definition) is 0. The van der Waals surface area contributed by atoms with E-state index in [0.717, 1.165) is 37.6 Å². The van der Waals surface area contributed by atoms with Crippen LogP contribution in [0.15, 0.2) is 41.3 Å². The number of sulfone groups is 1. The number of rotatable bonds is 6. The van der Waals surface area contributed by atoms with Crippen LogP contribution in [0, 0.1) is 5.82 Å². The Bertz CT molecular complexity index is 1230. The first kappa shape index (κ1) is 25.2. The molecule has 2 atom stereocenters. The predicted octanol–water partition coefficient (Wildman–Crippen LogP) is 3.48. The van der Waals surface area contributed by atoms with Crippen LogP contribution < -0.4 is 9.80 Å². The number of piperazine rings is 1. The van der Waals surface area contributed by atoms with Crippen LogP contribution in [-0.2, 0) is 14.6 Å². The van der Waals surface area contributed by atoms with E-state index in [-0.39, 0.29) is 28.6 Å². The molecule has 2 heterocycles. The molecule has 9 heteroatoms. The van der Waals surface area contributed by atoms with Gasteiger partial charge in [0.05, 0.1) is 16.1 Å². The van der Waals surface area contributed by atoms with Crippen LogP contribution in [0.1, 0.15) is 48.5 Å². The van der Waals surface area contributed by atoms with E-state index in [4.69, 9.17) is 0 Å². The fourth-order valence-electron chi connectivity index (χ4n) is 4.92. The van der Waals surface area contributed by atoms with Gasteiger partial charge < -0.3 is 19.5 Å². The van der Waals surface area contributed by atoms with E-state index in [1.807, 2.05) is 4.90 Å². The number of halogens is 1. The van der Waals surface area contributed by atoms with Gasteiger partial charge in [0.25, 0.3) is 5.91 Å². The average Bonchev–Trinajstić information content (AvgIpc) is 3.27. The highest BCUT2D eigenvalue weighted by atomic mass is 32.2. The first-order chi connectivity index (χ1) is 16.6. The molecule has 0 N–H and O–H groups in total. The highest BCUT2D eigenvalue weighted by Gasteiger charge is 2.30. The largest absolute Gasteiger partial charge is 0.368 e. The summed E-state index contributed by atoms with van der Waals surface area (Å²) in [6, 6.07) is 9.93. The Morgan fingerprint density at radius 1 is 1.06 bits per heavy atom. The van der Waals surface area contributed by atoms with Crippen LogP contribution in [-0.4, -0.2) is 70.5 Å². The molecule has 2 aromatic rings. The summed E-state index contributed by atoms with van der Waals surface area (Å²) in [7, 11) is -3.47. The van der Waals surface area contributed by atoms with Crippen molar-refractivity contribution in [2.24, 2.45) is 0 Å². The Morgan fingerprint density at radius 2 is 1.74 bits per heavy atom. The zero-order valence-corrected chi connectivity index (χ0v) is 21.2. The van der Waals surface area contributed by atoms with Crippen molar-refractivity contribution in [2.75, 3.05) is 48.8 Å². The second-order valence-electron chi connectivity index (χ2n) is 9.55. The highest BCUT2D eigenvalue weighted by molar-refractivity contribution is 7.90. The van der Waals surface area contributed by atoms with Gasteiger partial charge in [-0.3, -0.25) is 4.79 Å². The van der Waals surface area contributed by atoms with Gasteiger partial charge in [0.1, 0.15) is 12.1 Å². The zero-order valence-electron chi connectivity index (χ0n) is 20.4. The molecule has 2 aliphatic rings. The van der Waals surface area contributed by atoms with Crippen molar-refractivity contribution < 1.29 is 22.4 Å². The summed E-state index contributed by atoms with van der Waals surface area (Å²) >= 11 is 0. The summed E-state index contributed by atoms with van der Waals surface area (Å²) in [5.74, 6) is -0.967. The minimum Gasteiger partial charge on any atom is -0.368 e. The van der Waals surface area contributed by atoms with Gasteiger partial charge in [-0.1, -0.05) is 13.0 Å². The fourth-order valence-corrected chi connectivity index (χ4v) is 5.57. The topological polar surface area (TPSA) is 78.0 Å². The summed E-state index contributed by atoms with van der Waals surface area (Å²) in [6.45, 7) is 6.35. The third-order valence-electron chi connectivity index (χ3n) is 7.10. The maximum Gasteiger partial charge on any atom is 0.256 e. The summed E-state index contributed by atoms with van der Waals surface area (Å²) in [5, 5.41) is 0. The van der Waals surface area contributed by atoms with Crippen LogP contribution in [0.3, 0.4) is 0 Å². The molecule has 1 amide bonds. The van der Waals surface area contributed by atoms with Crippen LogP contribution in [0.5, 0.6) is 0 Å². The molecule has 0 aliphatic carbocycles. The molecule has 2 aromatic carbocycles. The number of aldehydes is 1. The lowest BCUT2D eigenvalue weighted by atomic mass is 10.0. The van der Waals surface area contributed by atoms with Crippen LogP contribution in [0.4, 0.5) is 15.8 Å². The number of anilines is 2. The lowest BCUT2D eigenvalue weighted by Gasteiger charge is -2.37. The van der Waals surface area contributed by atoms with E-state index >= 15 is 0 Å². The van der Waals surface area contributed by atoms with Gasteiger partial charge in [-0.2, -0.15) is 0 Å². The van der Waals surface area contributed by atoms with Crippen molar-refractivity contribution in [3.8, 4) is 0 Å². The molecule has 0 saturated carbocycles. The zero-order chi connectivity index (χ0) is 25.3. The van der Waals surface area contributed by atoms with Gasteiger partial charge >= 0.3 is 0 Å². The van der Waals surface area contributed by atoms with E-state index in [9.17, 15) is 22.4 Å². The first-order valence-corrected chi connectivity index (χ1v) is 13.9. The molecule has 188 valence electrons. The third kappa shape index (κ3) is 5.19. The van der Waals surface area contributed by atoms with Crippen LogP contribution in [0.2, 0.25) is 0 Å². The van der Waals surface area contributed by atoms with Crippen molar-refractivity contribution in [1.29, 1.82) is 0 Å². The van der Waals surface area contributed by atoms with E-state index in [1.165, 1.54) is 12.1 Å². The lowest BCUT2D eigenvalue weighted by Crippen LogP contribution is -2.49. The van der Waals surface area contributed by atoms with Gasteiger partial charge in [-0.15, -0.1) is 0 Å². The Morgan fingerprint density at radius 3 is 2.31 bits per heavy atom. The summed E-state index contributed by atoms with van der Waals surface area (Å²) in [5.41, 5.74) is 2.24. The Kier molecular flexibility index (Phi) is 7.17. The number of carbonyl (C=O) groups excluding carboxylic acids is 2. The number of hydrogen-bond acceptors (Lipinski definition) is 6. The van der Waals surface area contributed by atoms with Crippen LogP contribution in [0.25, 0.3) is 0 Å². The van der Waals surface area contributed by atoms with E-state index in [0.29, 0.717) is 43.0 Å². The van der Waals surface area contributed by atoms with Crippen LogP contribution >= 0.6 is 0 Å². The molecule has 2 aliphatic heterocycles. The van der Waals surface area contributed by atoms with E-state index in [2.05, 4.69) is 11.8 Å². The minimum absolute atomic E-state index is 0.127. The predicted molar refractivity (Wildman–Crippen MR) is 135 cm³/mol. The number of amides is 1. The van der Waals surface area contributed by atoms with Gasteiger partial charge in [0.2, 0.25) is 0 Å². The van der Waals surface area contributed by atoms with Gasteiger partial charge in [-0.25, -0.2) is 12.8 Å². The number of benzene rings is 2. The molecular weight excluding hydrogens is 469 g/mol. The third-order valence-corrected chi connectivity index (χ3v) is 8.21. The number of carbonyl (C=O) groups is 2. The maximum absolute atomic E-state index is 14.8. The Labute approximate surface area is 206 Å². The van der Waals surface area contributed by atoms with Crippen molar-refractivity contribution >= 4 is 33.4 Å². The maximum atomic E-state index is 14.8. The lowest BCUT2D eigenvalue weighted by molar-refractivity contribution is -0.108. The Hall–Kier alpha value is -2.94. The van der Waals surface area contributed by atoms with Gasteiger partial charge in [0.15, 0.2) is 9.84 Å². The molecule has 4 rings (SSSR count). The molecule has 0 spiro atoms. The molecule has 0 bridgehead atoms. The van der Waals surface area contributed by atoms with Crippen molar-refractivity contribution in [2.45, 2.75) is 43.5 Å². The first-order valence-electron chi connectivity index (χ1n) is 12.0. The summed E-state index contributed by atoms with van der Waals surface area (Å²) in [6.07, 6.45) is 3.98. The smallest absolute Gasteiger partial charge is 0.256 e. The molecule has 0 aromatic heterocycles. The number of nitrogens with zero attached hydrogens (tertiary/aromatic N) is 3. The van der Waals surface area contributed by atoms with E-state index < -0.39 is 9.84 Å². The fraction of sp³-hybridized carbons (Fsp3) is 0.462. The average molecular weight is 502 g/mol. The monoisotopic (exact) mass is 501 g/mol. The van der Waals surface area contributed by atoms with Gasteiger partial charge in [-0.05, 0) is 55.7 Å². The molecule has 2 unspecified atom stereocenters. The van der Waals surface area contributed by atoms with Gasteiger partial charge in [0, 0.05) is 56.6 Å². The van der Waals surface area contributed by atoms with Crippen molar-refractivity contribution in [3.63, 3.8) is 0 Å². The van der Waals surface area contributed by atoms with Crippen molar-refractivity contribution in [1.82, 2.24) is 4.90 Å². The summed E-state index contributed by atoms with van der Waals surface area (Å²) in [4.78, 5) is 30.5. The van der Waals surface area contributed by atoms with Crippen molar-refractivity contribution in [3.05, 3.63) is 53.3 Å². The molecule has 2 saturated heterocycles. The summed E-state index contributed by atoms with van der Waals surface area (Å²) < 4.78 is 39.2. The molecule has 2 fully saturated rings. The second kappa shape index (κ2) is 9.97. The quantitative estimate of drug-likeness (QED) is 0.564. The molecule has 7 nitrogen and oxygen atoms in total. The highest BCUT2D eigenvalue weighted by Crippen LogP contribution is 2.32. The molecule has 35 heavy (non-hydrogen) atoms. The SMILES string of the molecule is CC(C=O)c1ccc(N2CCN(C(=O)c3cc(S(C)(=O)=O)ccc3N3CCCC3C)CC2)c(F)c1. The molecular formula is C26H32FN3O4S. The standard InChI is InChI=1S/C26H32FN3O4S/c1-18(17-31)20-6-8-25(23(27)15-20)28-11-13-29(14-12-28)26(32)22-16-21(35(3,33)34)7-9-24(22)30-10-4-5-19(30)2/h6-9,15-19H,4-5,10-14H2,1-3H3. The Balaban J connectivity index is 1.55. The minimum atomic E-state index is -3.47. The molecule has 0 radical (unpaired) electrons. The normalized spacial score (nSPS) is 19.7. The second-order valence-corrected chi connectivity index (χ2v) is 11.6.